The molecule has 0 aliphatic carbocycles. The Bertz CT molecular complexity index is 552. The number of ether oxygens (including phenoxy) is 2. The van der Waals surface area contributed by atoms with E-state index < -0.39 is 0 Å². The monoisotopic (exact) mass is 273 g/mol. The highest BCUT2D eigenvalue weighted by Gasteiger charge is 2.10. The van der Waals surface area contributed by atoms with Crippen molar-refractivity contribution in [2.24, 2.45) is 5.73 Å². The van der Waals surface area contributed by atoms with E-state index in [2.05, 4.69) is 0 Å². The van der Waals surface area contributed by atoms with E-state index in [0.29, 0.717) is 18.9 Å². The summed E-state index contributed by atoms with van der Waals surface area (Å²) < 4.78 is 11.2. The third-order valence-electron chi connectivity index (χ3n) is 3.01. The van der Waals surface area contributed by atoms with Gasteiger partial charge < -0.3 is 20.3 Å². The molecule has 20 heavy (non-hydrogen) atoms. The Kier molecular flexibility index (Phi) is 4.85. The van der Waals surface area contributed by atoms with Crippen LogP contribution in [0.15, 0.2) is 42.5 Å². The van der Waals surface area contributed by atoms with Gasteiger partial charge in [-0.2, -0.15) is 0 Å². The molecule has 0 heterocycles. The highest BCUT2D eigenvalue weighted by Crippen LogP contribution is 2.32. The lowest BCUT2D eigenvalue weighted by Crippen LogP contribution is -2.06. The van der Waals surface area contributed by atoms with Crippen LogP contribution in [0.5, 0.6) is 17.2 Å². The molecule has 0 aliphatic rings. The summed E-state index contributed by atoms with van der Waals surface area (Å²) in [6, 6.07) is 12.7. The van der Waals surface area contributed by atoms with Crippen molar-refractivity contribution in [1.82, 2.24) is 0 Å². The molecule has 2 aromatic carbocycles. The van der Waals surface area contributed by atoms with E-state index in [4.69, 9.17) is 15.2 Å². The summed E-state index contributed by atoms with van der Waals surface area (Å²) in [5, 5.41) is 9.26. The molecule has 0 aliphatic heterocycles. The van der Waals surface area contributed by atoms with E-state index in [1.807, 2.05) is 30.3 Å². The smallest absolute Gasteiger partial charge is 0.164 e. The largest absolute Gasteiger partial charge is 0.508 e. The van der Waals surface area contributed by atoms with Crippen LogP contribution in [-0.4, -0.2) is 18.8 Å². The van der Waals surface area contributed by atoms with E-state index in [1.165, 1.54) is 0 Å². The number of phenols is 1. The van der Waals surface area contributed by atoms with Crippen LogP contribution >= 0.6 is 0 Å². The normalized spacial score (nSPS) is 10.3. The van der Waals surface area contributed by atoms with Gasteiger partial charge in [0.2, 0.25) is 0 Å². The van der Waals surface area contributed by atoms with E-state index >= 15 is 0 Å². The number of methoxy groups -OCH3 is 1. The first kappa shape index (κ1) is 14.2. The molecule has 2 aromatic rings. The van der Waals surface area contributed by atoms with Crippen molar-refractivity contribution in [3.63, 3.8) is 0 Å². The molecule has 2 rings (SSSR count). The van der Waals surface area contributed by atoms with Gasteiger partial charge in [0, 0.05) is 0 Å². The van der Waals surface area contributed by atoms with Gasteiger partial charge in [-0.1, -0.05) is 24.3 Å². The van der Waals surface area contributed by atoms with Crippen molar-refractivity contribution in [2.75, 3.05) is 13.7 Å². The number of hydrogen-bond donors (Lipinski definition) is 2. The van der Waals surface area contributed by atoms with Gasteiger partial charge in [-0.15, -0.1) is 0 Å². The molecule has 0 radical (unpaired) electrons. The Balaban J connectivity index is 2.16. The van der Waals surface area contributed by atoms with Crippen LogP contribution in [0.1, 0.15) is 11.1 Å². The van der Waals surface area contributed by atoms with Gasteiger partial charge in [-0.25, -0.2) is 0 Å². The molecule has 0 atom stereocenters. The first-order chi connectivity index (χ1) is 9.74. The lowest BCUT2D eigenvalue weighted by atomic mass is 10.1. The minimum atomic E-state index is 0.245. The van der Waals surface area contributed by atoms with E-state index in [-0.39, 0.29) is 5.75 Å². The zero-order valence-electron chi connectivity index (χ0n) is 11.5. The molecule has 0 saturated carbocycles. The fourth-order valence-electron chi connectivity index (χ4n) is 1.99. The highest BCUT2D eigenvalue weighted by atomic mass is 16.5. The molecular formula is C16H19NO3. The van der Waals surface area contributed by atoms with Crippen LogP contribution in [0.25, 0.3) is 0 Å². The first-order valence-corrected chi connectivity index (χ1v) is 6.51. The van der Waals surface area contributed by atoms with Gasteiger partial charge in [0.1, 0.15) is 12.4 Å². The summed E-state index contributed by atoms with van der Waals surface area (Å²) in [4.78, 5) is 0. The molecule has 0 spiro atoms. The molecule has 4 nitrogen and oxygen atoms in total. The van der Waals surface area contributed by atoms with Crippen LogP contribution in [0, 0.1) is 0 Å². The molecule has 0 unspecified atom stereocenters. The van der Waals surface area contributed by atoms with Gasteiger partial charge in [0.15, 0.2) is 11.5 Å². The third-order valence-corrected chi connectivity index (χ3v) is 3.01. The quantitative estimate of drug-likeness (QED) is 0.848. The number of para-hydroxylation sites is 1. The zero-order valence-corrected chi connectivity index (χ0v) is 11.5. The maximum Gasteiger partial charge on any atom is 0.164 e. The molecule has 0 fully saturated rings. The van der Waals surface area contributed by atoms with Crippen molar-refractivity contribution in [1.29, 1.82) is 0 Å². The van der Waals surface area contributed by atoms with Crippen LogP contribution in [0.2, 0.25) is 0 Å². The fraction of sp³-hybridized carbons (Fsp3) is 0.250. The Morgan fingerprint density at radius 3 is 2.50 bits per heavy atom. The molecule has 106 valence electrons. The summed E-state index contributed by atoms with van der Waals surface area (Å²) in [6.45, 7) is 0.973. The van der Waals surface area contributed by atoms with Gasteiger partial charge in [-0.3, -0.25) is 0 Å². The van der Waals surface area contributed by atoms with Crippen LogP contribution in [-0.2, 0) is 13.0 Å². The standard InChI is InChI=1S/C16H19NO3/c1-19-15-4-2-3-13(9-10-17)16(15)20-11-12-5-7-14(18)8-6-12/h2-8,18H,9-11,17H2,1H3. The Labute approximate surface area is 118 Å². The number of aromatic hydroxyl groups is 1. The Hall–Kier alpha value is -2.20. The SMILES string of the molecule is COc1cccc(CCN)c1OCc1ccc(O)cc1. The van der Waals surface area contributed by atoms with Crippen molar-refractivity contribution in [3.8, 4) is 17.2 Å². The second-order valence-corrected chi connectivity index (χ2v) is 4.44. The molecule has 0 saturated heterocycles. The molecule has 0 aromatic heterocycles. The number of rotatable bonds is 6. The second-order valence-electron chi connectivity index (χ2n) is 4.44. The second kappa shape index (κ2) is 6.82. The van der Waals surface area contributed by atoms with Crippen molar-refractivity contribution < 1.29 is 14.6 Å². The summed E-state index contributed by atoms with van der Waals surface area (Å²) in [6.07, 6.45) is 0.738. The topological polar surface area (TPSA) is 64.7 Å². The Morgan fingerprint density at radius 2 is 1.85 bits per heavy atom. The molecule has 4 heteroatoms. The number of nitrogens with two attached hydrogens (primary N) is 1. The summed E-state index contributed by atoms with van der Waals surface area (Å²) >= 11 is 0. The van der Waals surface area contributed by atoms with E-state index in [9.17, 15) is 5.11 Å². The molecular weight excluding hydrogens is 254 g/mol. The zero-order chi connectivity index (χ0) is 14.4. The maximum atomic E-state index is 9.26. The predicted octanol–water partition coefficient (Wildman–Crippen LogP) is 2.48. The third kappa shape index (κ3) is 3.42. The lowest BCUT2D eigenvalue weighted by Gasteiger charge is -2.14. The van der Waals surface area contributed by atoms with Crippen LogP contribution in [0.3, 0.4) is 0 Å². The highest BCUT2D eigenvalue weighted by molar-refractivity contribution is 5.47. The summed E-state index contributed by atoms with van der Waals surface area (Å²) in [7, 11) is 1.62. The molecule has 0 bridgehead atoms. The number of benzene rings is 2. The number of hydrogen-bond acceptors (Lipinski definition) is 4. The minimum Gasteiger partial charge on any atom is -0.508 e. The van der Waals surface area contributed by atoms with Gasteiger partial charge in [0.25, 0.3) is 0 Å². The summed E-state index contributed by atoms with van der Waals surface area (Å²) in [5.41, 5.74) is 7.63. The average Bonchev–Trinajstić information content (AvgIpc) is 2.47. The van der Waals surface area contributed by atoms with E-state index in [1.54, 1.807) is 19.2 Å². The fourth-order valence-corrected chi connectivity index (χ4v) is 1.99. The van der Waals surface area contributed by atoms with E-state index in [0.717, 1.165) is 23.3 Å². The van der Waals surface area contributed by atoms with Crippen molar-refractivity contribution >= 4 is 0 Å². The van der Waals surface area contributed by atoms with Crippen molar-refractivity contribution in [2.45, 2.75) is 13.0 Å². The van der Waals surface area contributed by atoms with Crippen molar-refractivity contribution in [3.05, 3.63) is 53.6 Å². The van der Waals surface area contributed by atoms with Gasteiger partial charge in [0.05, 0.1) is 7.11 Å². The van der Waals surface area contributed by atoms with Crippen LogP contribution < -0.4 is 15.2 Å². The predicted molar refractivity (Wildman–Crippen MR) is 78.2 cm³/mol. The molecule has 3 N–H and O–H groups in total. The van der Waals surface area contributed by atoms with Gasteiger partial charge in [-0.05, 0) is 42.3 Å². The Morgan fingerprint density at radius 1 is 1.10 bits per heavy atom. The number of phenolic OH excluding ortho intramolecular Hbond substituents is 1. The summed E-state index contributed by atoms with van der Waals surface area (Å²) in [5.74, 6) is 1.68. The average molecular weight is 273 g/mol. The lowest BCUT2D eigenvalue weighted by molar-refractivity contribution is 0.281. The maximum absolute atomic E-state index is 9.26. The first-order valence-electron chi connectivity index (χ1n) is 6.51. The van der Waals surface area contributed by atoms with Crippen LogP contribution in [0.4, 0.5) is 0 Å². The minimum absolute atomic E-state index is 0.245. The van der Waals surface area contributed by atoms with Gasteiger partial charge >= 0.3 is 0 Å². The molecule has 0 amide bonds.